The predicted molar refractivity (Wildman–Crippen MR) is 62.0 cm³/mol. The summed E-state index contributed by atoms with van der Waals surface area (Å²) in [7, 11) is 1.77. The zero-order valence-corrected chi connectivity index (χ0v) is 9.98. The van der Waals surface area contributed by atoms with Crippen LogP contribution in [0.5, 0.6) is 0 Å². The van der Waals surface area contributed by atoms with Gasteiger partial charge in [0.05, 0.1) is 6.61 Å². The molecule has 0 radical (unpaired) electrons. The lowest BCUT2D eigenvalue weighted by Crippen LogP contribution is -2.19. The van der Waals surface area contributed by atoms with Crippen molar-refractivity contribution in [2.24, 2.45) is 0 Å². The van der Waals surface area contributed by atoms with E-state index in [-0.39, 0.29) is 0 Å². The maximum Gasteiger partial charge on any atom is 0.0585 e. The molecule has 3 heteroatoms. The highest BCUT2D eigenvalue weighted by atomic mass is 32.2. The molecule has 0 amide bonds. The lowest BCUT2D eigenvalue weighted by Gasteiger charge is -2.21. The van der Waals surface area contributed by atoms with E-state index in [1.54, 1.807) is 7.11 Å². The largest absolute Gasteiger partial charge is 0.385 e. The number of unbranched alkanes of at least 4 members (excludes halogenated alkanes) is 2. The standard InChI is InChI=1S/C11H22O2S/c1-12-7-3-2-4-9-14-11-6-5-8-13-10-11/h11H,2-10H2,1H3/t11-/m0/s1. The van der Waals surface area contributed by atoms with Crippen molar-refractivity contribution >= 4 is 11.8 Å². The van der Waals surface area contributed by atoms with Crippen molar-refractivity contribution in [1.82, 2.24) is 0 Å². The first-order valence-electron chi connectivity index (χ1n) is 5.62. The van der Waals surface area contributed by atoms with Crippen LogP contribution in [-0.2, 0) is 9.47 Å². The van der Waals surface area contributed by atoms with Crippen LogP contribution in [0.2, 0.25) is 0 Å². The Labute approximate surface area is 91.7 Å². The van der Waals surface area contributed by atoms with Gasteiger partial charge in [0.15, 0.2) is 0 Å². The fourth-order valence-corrected chi connectivity index (χ4v) is 2.85. The summed E-state index contributed by atoms with van der Waals surface area (Å²) in [6, 6.07) is 0. The van der Waals surface area contributed by atoms with Gasteiger partial charge in [-0.3, -0.25) is 0 Å². The number of hydrogen-bond acceptors (Lipinski definition) is 3. The third kappa shape index (κ3) is 5.89. The maximum absolute atomic E-state index is 5.44. The average molecular weight is 218 g/mol. The molecule has 2 nitrogen and oxygen atoms in total. The first-order chi connectivity index (χ1) is 6.93. The summed E-state index contributed by atoms with van der Waals surface area (Å²) >= 11 is 2.09. The molecule has 1 aliphatic heterocycles. The van der Waals surface area contributed by atoms with Crippen LogP contribution < -0.4 is 0 Å². The average Bonchev–Trinajstić information content (AvgIpc) is 2.25. The lowest BCUT2D eigenvalue weighted by molar-refractivity contribution is 0.101. The van der Waals surface area contributed by atoms with Crippen molar-refractivity contribution in [2.45, 2.75) is 37.4 Å². The van der Waals surface area contributed by atoms with Gasteiger partial charge in [-0.25, -0.2) is 0 Å². The highest BCUT2D eigenvalue weighted by molar-refractivity contribution is 7.99. The van der Waals surface area contributed by atoms with Crippen molar-refractivity contribution in [2.75, 3.05) is 32.7 Å². The Morgan fingerprint density at radius 2 is 2.29 bits per heavy atom. The highest BCUT2D eigenvalue weighted by Crippen LogP contribution is 2.21. The van der Waals surface area contributed by atoms with Crippen molar-refractivity contribution in [3.63, 3.8) is 0 Å². The number of ether oxygens (including phenoxy) is 2. The van der Waals surface area contributed by atoms with E-state index in [4.69, 9.17) is 9.47 Å². The molecule has 1 saturated heterocycles. The van der Waals surface area contributed by atoms with E-state index < -0.39 is 0 Å². The molecule has 0 aromatic heterocycles. The van der Waals surface area contributed by atoms with Gasteiger partial charge in [-0.15, -0.1) is 0 Å². The summed E-state index contributed by atoms with van der Waals surface area (Å²) in [4.78, 5) is 0. The van der Waals surface area contributed by atoms with Crippen molar-refractivity contribution in [1.29, 1.82) is 0 Å². The molecule has 0 bridgehead atoms. The fourth-order valence-electron chi connectivity index (χ4n) is 1.62. The molecule has 0 unspecified atom stereocenters. The minimum Gasteiger partial charge on any atom is -0.385 e. The molecule has 1 fully saturated rings. The molecule has 0 aromatic rings. The summed E-state index contributed by atoms with van der Waals surface area (Å²) in [5, 5.41) is 0.770. The predicted octanol–water partition coefficient (Wildman–Crippen LogP) is 2.72. The molecule has 0 aromatic carbocycles. The van der Waals surface area contributed by atoms with Gasteiger partial charge in [0.1, 0.15) is 0 Å². The smallest absolute Gasteiger partial charge is 0.0585 e. The monoisotopic (exact) mass is 218 g/mol. The zero-order chi connectivity index (χ0) is 10.1. The third-order valence-electron chi connectivity index (χ3n) is 2.46. The molecular weight excluding hydrogens is 196 g/mol. The Morgan fingerprint density at radius 1 is 1.36 bits per heavy atom. The number of thioether (sulfide) groups is 1. The van der Waals surface area contributed by atoms with Gasteiger partial charge in [-0.05, 0) is 31.4 Å². The third-order valence-corrected chi connectivity index (χ3v) is 3.83. The van der Waals surface area contributed by atoms with Gasteiger partial charge in [0, 0.05) is 25.6 Å². The highest BCUT2D eigenvalue weighted by Gasteiger charge is 2.13. The summed E-state index contributed by atoms with van der Waals surface area (Å²) in [6.07, 6.45) is 6.43. The van der Waals surface area contributed by atoms with Crippen LogP contribution in [0.1, 0.15) is 32.1 Å². The van der Waals surface area contributed by atoms with Crippen LogP contribution in [0.15, 0.2) is 0 Å². The van der Waals surface area contributed by atoms with E-state index >= 15 is 0 Å². The SMILES string of the molecule is COCCCCCS[C@H]1CCCOC1. The topological polar surface area (TPSA) is 18.5 Å². The summed E-state index contributed by atoms with van der Waals surface area (Å²) in [5.41, 5.74) is 0. The van der Waals surface area contributed by atoms with E-state index in [0.717, 1.165) is 25.1 Å². The molecular formula is C11H22O2S. The van der Waals surface area contributed by atoms with Crippen molar-refractivity contribution in [3.8, 4) is 0 Å². The Morgan fingerprint density at radius 3 is 3.00 bits per heavy atom. The Hall–Kier alpha value is 0.270. The van der Waals surface area contributed by atoms with Gasteiger partial charge < -0.3 is 9.47 Å². The number of methoxy groups -OCH3 is 1. The maximum atomic E-state index is 5.44. The number of hydrogen-bond donors (Lipinski definition) is 0. The second kappa shape index (κ2) is 8.57. The normalized spacial score (nSPS) is 22.5. The lowest BCUT2D eigenvalue weighted by atomic mass is 10.2. The molecule has 0 spiro atoms. The van der Waals surface area contributed by atoms with Crippen molar-refractivity contribution < 1.29 is 9.47 Å². The van der Waals surface area contributed by atoms with Gasteiger partial charge in [-0.2, -0.15) is 11.8 Å². The minimum atomic E-state index is 0.770. The van der Waals surface area contributed by atoms with Crippen LogP contribution in [0.4, 0.5) is 0 Å². The Balaban J connectivity index is 1.82. The molecule has 1 heterocycles. The summed E-state index contributed by atoms with van der Waals surface area (Å²) in [5.74, 6) is 1.29. The van der Waals surface area contributed by atoms with Gasteiger partial charge in [-0.1, -0.05) is 6.42 Å². The second-order valence-electron chi connectivity index (χ2n) is 3.76. The molecule has 0 saturated carbocycles. The van der Waals surface area contributed by atoms with Crippen LogP contribution in [-0.4, -0.2) is 37.9 Å². The Bertz CT molecular complexity index is 124. The molecule has 0 N–H and O–H groups in total. The molecule has 1 atom stereocenters. The quantitative estimate of drug-likeness (QED) is 0.612. The first kappa shape index (κ1) is 12.3. The van der Waals surface area contributed by atoms with Crippen LogP contribution >= 0.6 is 11.8 Å². The number of rotatable bonds is 7. The van der Waals surface area contributed by atoms with Crippen LogP contribution in [0.3, 0.4) is 0 Å². The Kier molecular flexibility index (Phi) is 7.55. The molecule has 84 valence electrons. The summed E-state index contributed by atoms with van der Waals surface area (Å²) < 4.78 is 10.4. The van der Waals surface area contributed by atoms with Crippen molar-refractivity contribution in [3.05, 3.63) is 0 Å². The fraction of sp³-hybridized carbons (Fsp3) is 1.00. The van der Waals surface area contributed by atoms with E-state index in [0.29, 0.717) is 0 Å². The zero-order valence-electron chi connectivity index (χ0n) is 9.17. The van der Waals surface area contributed by atoms with Crippen LogP contribution in [0.25, 0.3) is 0 Å². The minimum absolute atomic E-state index is 0.770. The second-order valence-corrected chi connectivity index (χ2v) is 5.17. The molecule has 1 aliphatic rings. The summed E-state index contributed by atoms with van der Waals surface area (Å²) in [6.45, 7) is 2.87. The van der Waals surface area contributed by atoms with E-state index in [9.17, 15) is 0 Å². The molecule has 14 heavy (non-hydrogen) atoms. The molecule has 1 rings (SSSR count). The van der Waals surface area contributed by atoms with E-state index in [2.05, 4.69) is 11.8 Å². The molecule has 0 aliphatic carbocycles. The first-order valence-corrected chi connectivity index (χ1v) is 6.66. The van der Waals surface area contributed by atoms with E-state index in [1.807, 2.05) is 0 Å². The van der Waals surface area contributed by atoms with Gasteiger partial charge in [0.2, 0.25) is 0 Å². The van der Waals surface area contributed by atoms with Gasteiger partial charge >= 0.3 is 0 Å². The van der Waals surface area contributed by atoms with E-state index in [1.165, 1.54) is 37.9 Å². The van der Waals surface area contributed by atoms with Crippen LogP contribution in [0, 0.1) is 0 Å². The van der Waals surface area contributed by atoms with Gasteiger partial charge in [0.25, 0.3) is 0 Å².